The molecule has 1 aromatic heterocycles. The van der Waals surface area contributed by atoms with E-state index in [0.29, 0.717) is 6.54 Å². The quantitative estimate of drug-likeness (QED) is 0.851. The molecule has 1 rings (SSSR count). The normalized spacial score (nSPS) is 10.2. The largest absolute Gasteiger partial charge is 0.476 e. The molecular weight excluding hydrogens is 226 g/mol. The maximum absolute atomic E-state index is 10.5. The molecule has 0 aliphatic heterocycles. The van der Waals surface area contributed by atoms with E-state index in [9.17, 15) is 4.79 Å². The third kappa shape index (κ3) is 1.82. The Hall–Kier alpha value is -0.910. The highest BCUT2D eigenvalue weighted by Gasteiger charge is 2.14. The van der Waals surface area contributed by atoms with Gasteiger partial charge >= 0.3 is 5.97 Å². The van der Waals surface area contributed by atoms with E-state index in [2.05, 4.69) is 26.1 Å². The number of nitrogens with zero attached hydrogens (tertiary/aromatic N) is 3. The number of carboxylic acid groups (broad SMARTS) is 1. The van der Waals surface area contributed by atoms with Gasteiger partial charge in [0.25, 0.3) is 0 Å². The van der Waals surface area contributed by atoms with Crippen LogP contribution in [0.4, 0.5) is 0 Å². The van der Waals surface area contributed by atoms with Crippen molar-refractivity contribution < 1.29 is 9.90 Å². The van der Waals surface area contributed by atoms with Crippen LogP contribution in [0.1, 0.15) is 23.8 Å². The number of halogens is 1. The van der Waals surface area contributed by atoms with E-state index in [1.165, 1.54) is 4.80 Å². The average molecular weight is 234 g/mol. The van der Waals surface area contributed by atoms with Gasteiger partial charge in [-0.1, -0.05) is 6.92 Å². The number of hydrogen-bond donors (Lipinski definition) is 1. The molecule has 0 amide bonds. The lowest BCUT2D eigenvalue weighted by Gasteiger charge is -1.91. The summed E-state index contributed by atoms with van der Waals surface area (Å²) in [6.45, 7) is 2.60. The van der Waals surface area contributed by atoms with Crippen molar-refractivity contribution in [1.29, 1.82) is 0 Å². The summed E-state index contributed by atoms with van der Waals surface area (Å²) in [6.07, 6.45) is 0.875. The Balaban J connectivity index is 2.92. The molecule has 0 fully saturated rings. The van der Waals surface area contributed by atoms with Gasteiger partial charge in [-0.25, -0.2) is 4.79 Å². The van der Waals surface area contributed by atoms with Crippen LogP contribution in [0.5, 0.6) is 0 Å². The maximum Gasteiger partial charge on any atom is 0.359 e. The standard InChI is InChI=1S/C6H8BrN3O2/c1-2-3-10-8-4(6(11)12)5(7)9-10/h2-3H2,1H3,(H,11,12). The summed E-state index contributed by atoms with van der Waals surface area (Å²) in [5, 5.41) is 16.2. The number of aryl methyl sites for hydroxylation is 1. The molecule has 1 heterocycles. The van der Waals surface area contributed by atoms with E-state index in [1.54, 1.807) is 0 Å². The van der Waals surface area contributed by atoms with Gasteiger partial charge in [-0.2, -0.15) is 4.80 Å². The van der Waals surface area contributed by atoms with Gasteiger partial charge in [0.05, 0.1) is 6.54 Å². The van der Waals surface area contributed by atoms with Crippen molar-refractivity contribution in [3.05, 3.63) is 10.3 Å². The van der Waals surface area contributed by atoms with Crippen molar-refractivity contribution >= 4 is 21.9 Å². The van der Waals surface area contributed by atoms with Crippen molar-refractivity contribution in [2.45, 2.75) is 19.9 Å². The van der Waals surface area contributed by atoms with Crippen LogP contribution in [0.15, 0.2) is 4.60 Å². The Morgan fingerprint density at radius 1 is 1.67 bits per heavy atom. The number of aromatic nitrogens is 3. The SMILES string of the molecule is CCCn1nc(Br)c(C(=O)O)n1. The predicted octanol–water partition coefficient (Wildman–Crippen LogP) is 1.15. The molecule has 0 saturated carbocycles. The molecule has 6 heteroatoms. The van der Waals surface area contributed by atoms with Crippen molar-refractivity contribution in [3.63, 3.8) is 0 Å². The molecule has 0 bridgehead atoms. The van der Waals surface area contributed by atoms with E-state index in [1.807, 2.05) is 6.92 Å². The van der Waals surface area contributed by atoms with Gasteiger partial charge < -0.3 is 5.11 Å². The summed E-state index contributed by atoms with van der Waals surface area (Å²) in [5.74, 6) is -1.07. The van der Waals surface area contributed by atoms with Crippen LogP contribution in [0.3, 0.4) is 0 Å². The van der Waals surface area contributed by atoms with E-state index >= 15 is 0 Å². The van der Waals surface area contributed by atoms with Crippen LogP contribution >= 0.6 is 15.9 Å². The smallest absolute Gasteiger partial charge is 0.359 e. The summed E-state index contributed by atoms with van der Waals surface area (Å²) in [4.78, 5) is 11.9. The second-order valence-electron chi connectivity index (χ2n) is 2.24. The fourth-order valence-electron chi connectivity index (χ4n) is 0.759. The molecule has 66 valence electrons. The Kier molecular flexibility index (Phi) is 2.80. The lowest BCUT2D eigenvalue weighted by Crippen LogP contribution is -2.03. The van der Waals surface area contributed by atoms with Crippen LogP contribution in [0.2, 0.25) is 0 Å². The third-order valence-corrected chi connectivity index (χ3v) is 1.77. The Labute approximate surface area is 77.5 Å². The molecule has 0 aliphatic carbocycles. The van der Waals surface area contributed by atoms with Gasteiger partial charge in [-0.05, 0) is 22.4 Å². The lowest BCUT2D eigenvalue weighted by molar-refractivity contribution is 0.0688. The van der Waals surface area contributed by atoms with Gasteiger partial charge in [0.2, 0.25) is 5.69 Å². The molecule has 0 radical (unpaired) electrons. The van der Waals surface area contributed by atoms with Crippen LogP contribution in [0.25, 0.3) is 0 Å². The molecule has 0 atom stereocenters. The van der Waals surface area contributed by atoms with Gasteiger partial charge in [-0.15, -0.1) is 10.2 Å². The topological polar surface area (TPSA) is 68.0 Å². The van der Waals surface area contributed by atoms with E-state index in [-0.39, 0.29) is 10.3 Å². The van der Waals surface area contributed by atoms with Crippen LogP contribution < -0.4 is 0 Å². The number of hydrogen-bond acceptors (Lipinski definition) is 3. The molecule has 0 aliphatic rings. The van der Waals surface area contributed by atoms with Crippen LogP contribution in [-0.4, -0.2) is 26.1 Å². The van der Waals surface area contributed by atoms with Crippen molar-refractivity contribution in [3.8, 4) is 0 Å². The highest BCUT2D eigenvalue weighted by molar-refractivity contribution is 9.10. The molecule has 12 heavy (non-hydrogen) atoms. The van der Waals surface area contributed by atoms with Crippen LogP contribution in [-0.2, 0) is 6.54 Å². The first-order valence-electron chi connectivity index (χ1n) is 3.49. The molecule has 0 saturated heterocycles. The van der Waals surface area contributed by atoms with Gasteiger partial charge in [0.15, 0.2) is 4.60 Å². The molecule has 1 aromatic rings. The first-order valence-corrected chi connectivity index (χ1v) is 4.28. The fraction of sp³-hybridized carbons (Fsp3) is 0.500. The molecule has 0 aromatic carbocycles. The summed E-state index contributed by atoms with van der Waals surface area (Å²) in [5.41, 5.74) is -0.0385. The van der Waals surface area contributed by atoms with Gasteiger partial charge in [-0.3, -0.25) is 0 Å². The summed E-state index contributed by atoms with van der Waals surface area (Å²) < 4.78 is 0.281. The molecule has 1 N–H and O–H groups in total. The number of carboxylic acids is 1. The second-order valence-corrected chi connectivity index (χ2v) is 2.99. The van der Waals surface area contributed by atoms with Crippen molar-refractivity contribution in [2.24, 2.45) is 0 Å². The highest BCUT2D eigenvalue weighted by atomic mass is 79.9. The monoisotopic (exact) mass is 233 g/mol. The van der Waals surface area contributed by atoms with E-state index in [0.717, 1.165) is 6.42 Å². The summed E-state index contributed by atoms with van der Waals surface area (Å²) in [7, 11) is 0. The molecule has 0 unspecified atom stereocenters. The predicted molar refractivity (Wildman–Crippen MR) is 45.0 cm³/mol. The fourth-order valence-corrected chi connectivity index (χ4v) is 1.19. The summed E-state index contributed by atoms with van der Waals surface area (Å²) in [6, 6.07) is 0. The van der Waals surface area contributed by atoms with Gasteiger partial charge in [0, 0.05) is 0 Å². The average Bonchev–Trinajstić information content (AvgIpc) is 2.32. The lowest BCUT2D eigenvalue weighted by atomic mass is 10.5. The van der Waals surface area contributed by atoms with Crippen LogP contribution in [0, 0.1) is 0 Å². The van der Waals surface area contributed by atoms with E-state index in [4.69, 9.17) is 5.11 Å². The Morgan fingerprint density at radius 2 is 2.33 bits per heavy atom. The highest BCUT2D eigenvalue weighted by Crippen LogP contribution is 2.10. The minimum absolute atomic E-state index is 0.0385. The molecular formula is C6H8BrN3O2. The zero-order chi connectivity index (χ0) is 9.14. The number of carbonyl (C=O) groups is 1. The van der Waals surface area contributed by atoms with E-state index < -0.39 is 5.97 Å². The number of aromatic carboxylic acids is 1. The Bertz CT molecular complexity index is 297. The van der Waals surface area contributed by atoms with Crippen molar-refractivity contribution in [1.82, 2.24) is 15.0 Å². The second kappa shape index (κ2) is 3.66. The zero-order valence-electron chi connectivity index (χ0n) is 6.49. The van der Waals surface area contributed by atoms with Crippen molar-refractivity contribution in [2.75, 3.05) is 0 Å². The number of rotatable bonds is 3. The minimum atomic E-state index is -1.07. The molecule has 0 spiro atoms. The minimum Gasteiger partial charge on any atom is -0.476 e. The first kappa shape index (κ1) is 9.18. The third-order valence-electron chi connectivity index (χ3n) is 1.24. The summed E-state index contributed by atoms with van der Waals surface area (Å²) >= 11 is 3.01. The first-order chi connectivity index (χ1) is 5.65. The molecule has 5 nitrogen and oxygen atoms in total. The maximum atomic E-state index is 10.5. The Morgan fingerprint density at radius 3 is 2.75 bits per heavy atom. The zero-order valence-corrected chi connectivity index (χ0v) is 8.08. The van der Waals surface area contributed by atoms with Gasteiger partial charge in [0.1, 0.15) is 0 Å².